The van der Waals surface area contributed by atoms with Gasteiger partial charge < -0.3 is 25.1 Å². The van der Waals surface area contributed by atoms with Crippen LogP contribution in [0.15, 0.2) is 36.4 Å². The number of carbonyl (C=O) groups is 3. The van der Waals surface area contributed by atoms with Crippen LogP contribution in [-0.4, -0.2) is 55.5 Å². The normalized spacial score (nSPS) is 11.3. The predicted octanol–water partition coefficient (Wildman–Crippen LogP) is 0.439. The molecule has 1 aromatic rings. The molecule has 1 rings (SSSR count). The Bertz CT molecular complexity index is 642. The van der Waals surface area contributed by atoms with Crippen LogP contribution in [0.2, 0.25) is 0 Å². The molecule has 8 nitrogen and oxygen atoms in total. The first kappa shape index (κ1) is 20.3. The van der Waals surface area contributed by atoms with Crippen molar-refractivity contribution in [1.29, 1.82) is 0 Å². The van der Waals surface area contributed by atoms with Gasteiger partial charge in [-0.3, -0.25) is 0 Å². The Morgan fingerprint density at radius 3 is 2.12 bits per heavy atom. The van der Waals surface area contributed by atoms with E-state index in [-0.39, 0.29) is 43.1 Å². The molecule has 0 amide bonds. The van der Waals surface area contributed by atoms with Gasteiger partial charge in [-0.05, 0) is 19.1 Å². The third-order valence-electron chi connectivity index (χ3n) is 2.94. The summed E-state index contributed by atoms with van der Waals surface area (Å²) in [7, 11) is 0. The SMILES string of the molecule is C=C(C)C(=O)OCCOC(=O)c1ccccc1C(=O)OCC(O)CN. The molecule has 136 valence electrons. The Hall–Kier alpha value is -2.71. The highest BCUT2D eigenvalue weighted by Gasteiger charge is 2.19. The van der Waals surface area contributed by atoms with Gasteiger partial charge in [-0.1, -0.05) is 18.7 Å². The van der Waals surface area contributed by atoms with Gasteiger partial charge in [0.2, 0.25) is 0 Å². The van der Waals surface area contributed by atoms with E-state index in [1.54, 1.807) is 12.1 Å². The molecule has 0 aliphatic heterocycles. The fourth-order valence-corrected chi connectivity index (χ4v) is 1.63. The Labute approximate surface area is 145 Å². The number of benzene rings is 1. The number of aliphatic hydroxyl groups excluding tert-OH is 1. The zero-order valence-electron chi connectivity index (χ0n) is 13.9. The highest BCUT2D eigenvalue weighted by molar-refractivity contribution is 6.03. The van der Waals surface area contributed by atoms with Gasteiger partial charge in [-0.2, -0.15) is 0 Å². The topological polar surface area (TPSA) is 125 Å². The summed E-state index contributed by atoms with van der Waals surface area (Å²) >= 11 is 0. The molecular weight excluding hydrogens is 330 g/mol. The van der Waals surface area contributed by atoms with Crippen molar-refractivity contribution in [3.63, 3.8) is 0 Å². The largest absolute Gasteiger partial charge is 0.459 e. The predicted molar refractivity (Wildman–Crippen MR) is 87.8 cm³/mol. The fourth-order valence-electron chi connectivity index (χ4n) is 1.63. The number of hydrogen-bond acceptors (Lipinski definition) is 8. The van der Waals surface area contributed by atoms with Gasteiger partial charge in [0.25, 0.3) is 0 Å². The number of ether oxygens (including phenoxy) is 3. The number of rotatable bonds is 9. The second kappa shape index (κ2) is 10.2. The minimum Gasteiger partial charge on any atom is -0.459 e. The molecule has 8 heteroatoms. The first-order valence-corrected chi connectivity index (χ1v) is 7.50. The third kappa shape index (κ3) is 6.74. The van der Waals surface area contributed by atoms with Crippen LogP contribution in [0, 0.1) is 0 Å². The van der Waals surface area contributed by atoms with E-state index in [1.807, 2.05) is 0 Å². The van der Waals surface area contributed by atoms with Crippen LogP contribution >= 0.6 is 0 Å². The molecule has 1 atom stereocenters. The van der Waals surface area contributed by atoms with Crippen LogP contribution in [-0.2, 0) is 19.0 Å². The maximum atomic E-state index is 12.1. The average Bonchev–Trinajstić information content (AvgIpc) is 2.62. The molecule has 0 spiro atoms. The van der Waals surface area contributed by atoms with E-state index in [4.69, 9.17) is 19.9 Å². The van der Waals surface area contributed by atoms with Crippen LogP contribution in [0.3, 0.4) is 0 Å². The third-order valence-corrected chi connectivity index (χ3v) is 2.94. The monoisotopic (exact) mass is 351 g/mol. The van der Waals surface area contributed by atoms with E-state index in [0.717, 1.165) is 0 Å². The van der Waals surface area contributed by atoms with Gasteiger partial charge in [-0.15, -0.1) is 0 Å². The quantitative estimate of drug-likeness (QED) is 0.284. The zero-order chi connectivity index (χ0) is 18.8. The van der Waals surface area contributed by atoms with Crippen molar-refractivity contribution in [3.8, 4) is 0 Å². The molecule has 1 aromatic carbocycles. The van der Waals surface area contributed by atoms with Crippen molar-refractivity contribution < 1.29 is 33.7 Å². The van der Waals surface area contributed by atoms with Crippen LogP contribution in [0.25, 0.3) is 0 Å². The molecule has 0 bridgehead atoms. The summed E-state index contributed by atoms with van der Waals surface area (Å²) in [6.45, 7) is 4.28. The fraction of sp³-hybridized carbons (Fsp3) is 0.353. The molecule has 0 fully saturated rings. The second-order valence-corrected chi connectivity index (χ2v) is 5.09. The number of carbonyl (C=O) groups excluding carboxylic acids is 3. The molecule has 0 aliphatic carbocycles. The lowest BCUT2D eigenvalue weighted by Crippen LogP contribution is -2.27. The van der Waals surface area contributed by atoms with Crippen molar-refractivity contribution in [2.24, 2.45) is 5.73 Å². The van der Waals surface area contributed by atoms with E-state index >= 15 is 0 Å². The molecule has 0 radical (unpaired) electrons. The highest BCUT2D eigenvalue weighted by Crippen LogP contribution is 2.12. The molecule has 3 N–H and O–H groups in total. The summed E-state index contributed by atoms with van der Waals surface area (Å²) in [5.74, 6) is -2.13. The van der Waals surface area contributed by atoms with Crippen molar-refractivity contribution in [3.05, 3.63) is 47.5 Å². The number of hydrogen-bond donors (Lipinski definition) is 2. The summed E-state index contributed by atoms with van der Waals surface area (Å²) in [6.07, 6.45) is -0.980. The lowest BCUT2D eigenvalue weighted by molar-refractivity contribution is -0.140. The maximum absolute atomic E-state index is 12.1. The van der Waals surface area contributed by atoms with Crippen molar-refractivity contribution in [2.45, 2.75) is 13.0 Å². The Balaban J connectivity index is 2.62. The summed E-state index contributed by atoms with van der Waals surface area (Å²) in [5.41, 5.74) is 5.46. The van der Waals surface area contributed by atoms with Gasteiger partial charge >= 0.3 is 17.9 Å². The van der Waals surface area contributed by atoms with E-state index in [1.165, 1.54) is 19.1 Å². The van der Waals surface area contributed by atoms with Crippen molar-refractivity contribution >= 4 is 17.9 Å². The van der Waals surface area contributed by atoms with Crippen LogP contribution in [0.1, 0.15) is 27.6 Å². The van der Waals surface area contributed by atoms with Crippen molar-refractivity contribution in [2.75, 3.05) is 26.4 Å². The number of nitrogens with two attached hydrogens (primary N) is 1. The van der Waals surface area contributed by atoms with E-state index in [9.17, 15) is 19.5 Å². The molecule has 0 saturated carbocycles. The molecule has 0 saturated heterocycles. The Morgan fingerprint density at radius 1 is 1.08 bits per heavy atom. The highest BCUT2D eigenvalue weighted by atomic mass is 16.6. The number of esters is 3. The number of aliphatic hydroxyl groups is 1. The van der Waals surface area contributed by atoms with Crippen molar-refractivity contribution in [1.82, 2.24) is 0 Å². The summed E-state index contributed by atoms with van der Waals surface area (Å²) < 4.78 is 14.7. The van der Waals surface area contributed by atoms with Crippen LogP contribution < -0.4 is 5.73 Å². The van der Waals surface area contributed by atoms with Gasteiger partial charge in [0.15, 0.2) is 0 Å². The first-order chi connectivity index (χ1) is 11.9. The van der Waals surface area contributed by atoms with Gasteiger partial charge in [-0.25, -0.2) is 14.4 Å². The average molecular weight is 351 g/mol. The molecule has 1 unspecified atom stereocenters. The second-order valence-electron chi connectivity index (χ2n) is 5.09. The summed E-state index contributed by atoms with van der Waals surface area (Å²) in [5, 5.41) is 9.32. The van der Waals surface area contributed by atoms with Crippen LogP contribution in [0.4, 0.5) is 0 Å². The van der Waals surface area contributed by atoms with E-state index in [2.05, 4.69) is 6.58 Å². The zero-order valence-corrected chi connectivity index (χ0v) is 13.9. The van der Waals surface area contributed by atoms with E-state index in [0.29, 0.717) is 0 Å². The van der Waals surface area contributed by atoms with Gasteiger partial charge in [0, 0.05) is 12.1 Å². The smallest absolute Gasteiger partial charge is 0.339 e. The summed E-state index contributed by atoms with van der Waals surface area (Å²) in [4.78, 5) is 35.3. The van der Waals surface area contributed by atoms with Gasteiger partial charge in [0.05, 0.1) is 11.1 Å². The van der Waals surface area contributed by atoms with Gasteiger partial charge in [0.1, 0.15) is 25.9 Å². The maximum Gasteiger partial charge on any atom is 0.339 e. The van der Waals surface area contributed by atoms with E-state index < -0.39 is 24.0 Å². The first-order valence-electron chi connectivity index (χ1n) is 7.50. The van der Waals surface area contributed by atoms with Crippen LogP contribution in [0.5, 0.6) is 0 Å². The molecule has 0 heterocycles. The lowest BCUT2D eigenvalue weighted by atomic mass is 10.1. The molecular formula is C17H21NO7. The minimum atomic E-state index is -0.980. The Morgan fingerprint density at radius 2 is 1.60 bits per heavy atom. The molecule has 25 heavy (non-hydrogen) atoms. The standard InChI is InChI=1S/C17H21NO7/c1-11(2)15(20)23-7-8-24-16(21)13-5-3-4-6-14(13)17(22)25-10-12(19)9-18/h3-6,12,19H,1,7-10,18H2,2H3. The Kier molecular flexibility index (Phi) is 8.31. The molecule has 0 aromatic heterocycles. The summed E-state index contributed by atoms with van der Waals surface area (Å²) in [6, 6.07) is 5.91. The minimum absolute atomic E-state index is 0.000894. The lowest BCUT2D eigenvalue weighted by Gasteiger charge is -2.11. The molecule has 0 aliphatic rings.